The second-order valence-corrected chi connectivity index (χ2v) is 9.03. The number of ether oxygens (including phenoxy) is 1. The molecule has 0 aliphatic heterocycles. The van der Waals surface area contributed by atoms with E-state index < -0.39 is 14.8 Å². The zero-order valence-corrected chi connectivity index (χ0v) is 17.9. The van der Waals surface area contributed by atoms with E-state index >= 15 is 0 Å². The minimum atomic E-state index is -3.29. The van der Waals surface area contributed by atoms with Crippen LogP contribution in [0.1, 0.15) is 12.0 Å². The summed E-state index contributed by atoms with van der Waals surface area (Å²) in [7, 11) is -1.54. The fourth-order valence-electron chi connectivity index (χ4n) is 2.73. The van der Waals surface area contributed by atoms with Crippen LogP contribution in [0.25, 0.3) is 0 Å². The molecule has 10 heteroatoms. The smallest absolute Gasteiger partial charge is 0.293 e. The standard InChI is InChI=1S/C20H25N3O6S/c1-15-8-9-18(19(12-15)23(25)26)21-20(24)14-22(2)10-5-11-29-16-6-4-7-17(13-16)30(3,27)28/h4,6-9,12-13H,5,10-11,14H2,1-3H3,(H,21,24). The summed E-state index contributed by atoms with van der Waals surface area (Å²) in [6, 6.07) is 10.9. The summed E-state index contributed by atoms with van der Waals surface area (Å²) in [4.78, 5) is 24.8. The third kappa shape index (κ3) is 7.12. The molecular formula is C20H25N3O6S. The Labute approximate surface area is 175 Å². The molecule has 0 aliphatic rings. The highest BCUT2D eigenvalue weighted by Crippen LogP contribution is 2.25. The second kappa shape index (κ2) is 10.2. The van der Waals surface area contributed by atoms with Gasteiger partial charge in [0.1, 0.15) is 11.4 Å². The summed E-state index contributed by atoms with van der Waals surface area (Å²) in [5.41, 5.74) is 0.757. The van der Waals surface area contributed by atoms with Gasteiger partial charge >= 0.3 is 0 Å². The fraction of sp³-hybridized carbons (Fsp3) is 0.350. The van der Waals surface area contributed by atoms with Crippen LogP contribution >= 0.6 is 0 Å². The van der Waals surface area contributed by atoms with E-state index in [1.165, 1.54) is 24.3 Å². The predicted octanol–water partition coefficient (Wildman–Crippen LogP) is 2.65. The molecule has 0 bridgehead atoms. The van der Waals surface area contributed by atoms with E-state index in [4.69, 9.17) is 4.74 Å². The Hall–Kier alpha value is -2.98. The largest absolute Gasteiger partial charge is 0.494 e. The fourth-order valence-corrected chi connectivity index (χ4v) is 3.39. The number of rotatable bonds is 10. The maximum absolute atomic E-state index is 12.2. The van der Waals surface area contributed by atoms with E-state index in [0.29, 0.717) is 25.3 Å². The lowest BCUT2D eigenvalue weighted by molar-refractivity contribution is -0.384. The number of aryl methyl sites for hydroxylation is 1. The van der Waals surface area contributed by atoms with Crippen molar-refractivity contribution in [3.05, 3.63) is 58.1 Å². The molecule has 9 nitrogen and oxygen atoms in total. The molecule has 0 aliphatic carbocycles. The Morgan fingerprint density at radius 3 is 2.63 bits per heavy atom. The van der Waals surface area contributed by atoms with Gasteiger partial charge in [-0.05, 0) is 50.2 Å². The van der Waals surface area contributed by atoms with Crippen molar-refractivity contribution in [2.45, 2.75) is 18.2 Å². The Morgan fingerprint density at radius 2 is 1.97 bits per heavy atom. The second-order valence-electron chi connectivity index (χ2n) is 7.01. The molecule has 0 saturated carbocycles. The molecule has 2 aromatic rings. The zero-order chi connectivity index (χ0) is 22.3. The van der Waals surface area contributed by atoms with E-state index in [1.54, 1.807) is 37.1 Å². The first-order valence-corrected chi connectivity index (χ1v) is 11.1. The van der Waals surface area contributed by atoms with Gasteiger partial charge in [0.15, 0.2) is 9.84 Å². The maximum Gasteiger partial charge on any atom is 0.293 e. The van der Waals surface area contributed by atoms with Crippen molar-refractivity contribution in [2.75, 3.05) is 38.3 Å². The maximum atomic E-state index is 12.2. The summed E-state index contributed by atoms with van der Waals surface area (Å²) >= 11 is 0. The summed E-state index contributed by atoms with van der Waals surface area (Å²) in [5.74, 6) is 0.108. The van der Waals surface area contributed by atoms with Crippen LogP contribution < -0.4 is 10.1 Å². The Balaban J connectivity index is 1.79. The Morgan fingerprint density at radius 1 is 1.23 bits per heavy atom. The van der Waals surface area contributed by atoms with Gasteiger partial charge in [0, 0.05) is 18.9 Å². The first kappa shape index (κ1) is 23.3. The molecule has 0 spiro atoms. The molecule has 0 aromatic heterocycles. The van der Waals surface area contributed by atoms with Gasteiger partial charge < -0.3 is 10.1 Å². The van der Waals surface area contributed by atoms with Crippen LogP contribution in [0.15, 0.2) is 47.4 Å². The molecule has 0 saturated heterocycles. The van der Waals surface area contributed by atoms with Gasteiger partial charge in [-0.3, -0.25) is 19.8 Å². The van der Waals surface area contributed by atoms with Gasteiger partial charge in [0.05, 0.1) is 23.0 Å². The van der Waals surface area contributed by atoms with Crippen LogP contribution in [0, 0.1) is 17.0 Å². The number of nitrogens with zero attached hydrogens (tertiary/aromatic N) is 2. The van der Waals surface area contributed by atoms with Gasteiger partial charge in [0.25, 0.3) is 5.69 Å². The van der Waals surface area contributed by atoms with Crippen molar-refractivity contribution in [1.29, 1.82) is 0 Å². The van der Waals surface area contributed by atoms with Crippen LogP contribution in [0.3, 0.4) is 0 Å². The normalized spacial score (nSPS) is 11.3. The third-order valence-corrected chi connectivity index (χ3v) is 5.33. The lowest BCUT2D eigenvalue weighted by atomic mass is 10.2. The summed E-state index contributed by atoms with van der Waals surface area (Å²) < 4.78 is 28.7. The molecule has 2 aromatic carbocycles. The topological polar surface area (TPSA) is 119 Å². The number of nitro benzene ring substituents is 1. The molecule has 1 N–H and O–H groups in total. The van der Waals surface area contributed by atoms with Crippen LogP contribution in [-0.2, 0) is 14.6 Å². The van der Waals surface area contributed by atoms with Crippen molar-refractivity contribution in [1.82, 2.24) is 4.90 Å². The number of nitrogens with one attached hydrogen (secondary N) is 1. The number of hydrogen-bond donors (Lipinski definition) is 1. The van der Waals surface area contributed by atoms with Crippen molar-refractivity contribution < 1.29 is 22.9 Å². The summed E-state index contributed by atoms with van der Waals surface area (Å²) in [6.07, 6.45) is 1.74. The number of amides is 1. The van der Waals surface area contributed by atoms with E-state index in [9.17, 15) is 23.3 Å². The molecule has 1 amide bonds. The van der Waals surface area contributed by atoms with Gasteiger partial charge in [-0.1, -0.05) is 12.1 Å². The molecule has 162 valence electrons. The average Bonchev–Trinajstić information content (AvgIpc) is 2.66. The van der Waals surface area contributed by atoms with Crippen LogP contribution in [0.4, 0.5) is 11.4 Å². The number of hydrogen-bond acceptors (Lipinski definition) is 7. The number of nitro groups is 1. The molecule has 0 fully saturated rings. The van der Waals surface area contributed by atoms with Crippen molar-refractivity contribution in [3.8, 4) is 5.75 Å². The predicted molar refractivity (Wildman–Crippen MR) is 114 cm³/mol. The minimum Gasteiger partial charge on any atom is -0.494 e. The molecule has 0 unspecified atom stereocenters. The van der Waals surface area contributed by atoms with E-state index in [1.807, 2.05) is 0 Å². The number of carbonyl (C=O) groups excluding carboxylic acids is 1. The zero-order valence-electron chi connectivity index (χ0n) is 17.1. The van der Waals surface area contributed by atoms with Crippen molar-refractivity contribution in [3.63, 3.8) is 0 Å². The summed E-state index contributed by atoms with van der Waals surface area (Å²) in [5, 5.41) is 13.7. The highest BCUT2D eigenvalue weighted by Gasteiger charge is 2.16. The van der Waals surface area contributed by atoms with Crippen molar-refractivity contribution in [2.24, 2.45) is 0 Å². The van der Waals surface area contributed by atoms with E-state index in [2.05, 4.69) is 5.32 Å². The molecule has 30 heavy (non-hydrogen) atoms. The van der Waals surface area contributed by atoms with Crippen LogP contribution in [0.5, 0.6) is 5.75 Å². The van der Waals surface area contributed by atoms with Gasteiger partial charge in [-0.15, -0.1) is 0 Å². The van der Waals surface area contributed by atoms with E-state index in [-0.39, 0.29) is 28.7 Å². The van der Waals surface area contributed by atoms with Crippen LogP contribution in [-0.4, -0.2) is 57.1 Å². The minimum absolute atomic E-state index is 0.0641. The third-order valence-electron chi connectivity index (χ3n) is 4.22. The number of likely N-dealkylation sites (N-methyl/N-ethyl adjacent to an activating group) is 1. The lowest BCUT2D eigenvalue weighted by Gasteiger charge is -2.16. The van der Waals surface area contributed by atoms with Crippen molar-refractivity contribution >= 4 is 27.1 Å². The van der Waals surface area contributed by atoms with E-state index in [0.717, 1.165) is 11.8 Å². The number of sulfone groups is 1. The Bertz CT molecular complexity index is 1020. The molecule has 0 radical (unpaired) electrons. The van der Waals surface area contributed by atoms with Gasteiger partial charge in [0.2, 0.25) is 5.91 Å². The number of benzene rings is 2. The summed E-state index contributed by atoms with van der Waals surface area (Å²) in [6.45, 7) is 2.71. The first-order chi connectivity index (χ1) is 14.1. The van der Waals surface area contributed by atoms with Gasteiger partial charge in [-0.2, -0.15) is 0 Å². The molecule has 2 rings (SSSR count). The highest BCUT2D eigenvalue weighted by atomic mass is 32.2. The highest BCUT2D eigenvalue weighted by molar-refractivity contribution is 7.90. The number of carbonyl (C=O) groups is 1. The number of anilines is 1. The van der Waals surface area contributed by atoms with Crippen LogP contribution in [0.2, 0.25) is 0 Å². The quantitative estimate of drug-likeness (QED) is 0.346. The monoisotopic (exact) mass is 435 g/mol. The average molecular weight is 436 g/mol. The Kier molecular flexibility index (Phi) is 7.90. The molecule has 0 atom stereocenters. The SMILES string of the molecule is Cc1ccc(NC(=O)CN(C)CCCOc2cccc(S(C)(=O)=O)c2)c([N+](=O)[O-])c1. The lowest BCUT2D eigenvalue weighted by Crippen LogP contribution is -2.31. The molecule has 0 heterocycles. The van der Waals surface area contributed by atoms with Gasteiger partial charge in [-0.25, -0.2) is 8.42 Å². The molecular weight excluding hydrogens is 410 g/mol. The first-order valence-electron chi connectivity index (χ1n) is 9.22.